The van der Waals surface area contributed by atoms with Crippen molar-refractivity contribution in [2.75, 3.05) is 22.4 Å². The predicted octanol–water partition coefficient (Wildman–Crippen LogP) is 3.66. The summed E-state index contributed by atoms with van der Waals surface area (Å²) in [6.45, 7) is 0. The van der Waals surface area contributed by atoms with Gasteiger partial charge in [-0.2, -0.15) is 13.2 Å². The van der Waals surface area contributed by atoms with Crippen molar-refractivity contribution in [2.45, 2.75) is 22.4 Å². The highest BCUT2D eigenvalue weighted by Gasteiger charge is 2.29. The predicted molar refractivity (Wildman–Crippen MR) is 97.6 cm³/mol. The summed E-state index contributed by atoms with van der Waals surface area (Å²) in [5, 5.41) is 0. The number of rotatable bonds is 5. The van der Waals surface area contributed by atoms with Crippen molar-refractivity contribution in [3.8, 4) is 0 Å². The van der Waals surface area contributed by atoms with Gasteiger partial charge in [0.2, 0.25) is 5.91 Å². The first kappa shape index (κ1) is 19.6. The average molecular weight is 416 g/mol. The fourth-order valence-electron chi connectivity index (χ4n) is 2.65. The van der Waals surface area contributed by atoms with Crippen molar-refractivity contribution in [3.05, 3.63) is 48.0 Å². The highest BCUT2D eigenvalue weighted by atomic mass is 32.2. The lowest BCUT2D eigenvalue weighted by Crippen LogP contribution is -2.20. The van der Waals surface area contributed by atoms with Crippen LogP contribution >= 0.6 is 11.8 Å². The van der Waals surface area contributed by atoms with Gasteiger partial charge in [0.1, 0.15) is 0 Å². The number of carbonyl (C=O) groups is 1. The summed E-state index contributed by atoms with van der Waals surface area (Å²) in [7, 11) is -2.41. The van der Waals surface area contributed by atoms with Crippen LogP contribution in [0.2, 0.25) is 0 Å². The molecule has 0 aliphatic carbocycles. The second kappa shape index (κ2) is 7.08. The number of thioether (sulfide) groups is 1. The molecule has 2 aromatic carbocycles. The second-order valence-electron chi connectivity index (χ2n) is 5.93. The molecule has 1 heterocycles. The number of alkyl halides is 3. The Kier molecular flexibility index (Phi) is 5.13. The first-order chi connectivity index (χ1) is 12.6. The van der Waals surface area contributed by atoms with Crippen LogP contribution in [-0.4, -0.2) is 33.3 Å². The van der Waals surface area contributed by atoms with Gasteiger partial charge in [-0.1, -0.05) is 12.1 Å². The molecule has 0 spiro atoms. The number of para-hydroxylation sites is 1. The molecule has 5 nitrogen and oxygen atoms in total. The van der Waals surface area contributed by atoms with Gasteiger partial charge in [0.15, 0.2) is 0 Å². The molecule has 27 heavy (non-hydrogen) atoms. The van der Waals surface area contributed by atoms with Gasteiger partial charge in [-0.05, 0) is 35.9 Å². The van der Waals surface area contributed by atoms with Crippen LogP contribution in [-0.2, 0) is 21.2 Å². The van der Waals surface area contributed by atoms with Crippen LogP contribution in [0.1, 0.15) is 5.56 Å². The topological polar surface area (TPSA) is 66.5 Å². The Hall–Kier alpha value is -2.20. The number of benzene rings is 2. The minimum absolute atomic E-state index is 0.0556. The molecular weight excluding hydrogens is 401 g/mol. The van der Waals surface area contributed by atoms with E-state index in [1.165, 1.54) is 41.3 Å². The highest BCUT2D eigenvalue weighted by molar-refractivity contribution is 7.99. The molecule has 0 saturated heterocycles. The van der Waals surface area contributed by atoms with Gasteiger partial charge >= 0.3 is 6.18 Å². The van der Waals surface area contributed by atoms with Gasteiger partial charge in [0.25, 0.3) is 10.0 Å². The number of nitrogens with zero attached hydrogens (tertiary/aromatic N) is 1. The Morgan fingerprint density at radius 1 is 1.19 bits per heavy atom. The number of amides is 1. The van der Waals surface area contributed by atoms with Gasteiger partial charge in [0.05, 0.1) is 22.8 Å². The smallest absolute Gasteiger partial charge is 0.315 e. The SMILES string of the molecule is CN1C(=O)Cc2cc(S(=O)(=O)Nc3ccccc3SCC(F)(F)F)ccc21. The van der Waals surface area contributed by atoms with Crippen molar-refractivity contribution in [2.24, 2.45) is 0 Å². The molecule has 144 valence electrons. The van der Waals surface area contributed by atoms with E-state index in [2.05, 4.69) is 4.72 Å². The number of fused-ring (bicyclic) bond motifs is 1. The van der Waals surface area contributed by atoms with Gasteiger partial charge in [-0.15, -0.1) is 11.8 Å². The van der Waals surface area contributed by atoms with Gasteiger partial charge in [-0.3, -0.25) is 9.52 Å². The minimum atomic E-state index is -4.37. The Bertz CT molecular complexity index is 991. The number of sulfonamides is 1. The molecule has 3 rings (SSSR count). The number of hydrogen-bond donors (Lipinski definition) is 1. The maximum Gasteiger partial charge on any atom is 0.398 e. The van der Waals surface area contributed by atoms with Gasteiger partial charge in [0, 0.05) is 17.6 Å². The minimum Gasteiger partial charge on any atom is -0.315 e. The van der Waals surface area contributed by atoms with Crippen LogP contribution in [0.4, 0.5) is 24.5 Å². The molecule has 0 aromatic heterocycles. The summed E-state index contributed by atoms with van der Waals surface area (Å²) in [5.74, 6) is -1.26. The lowest BCUT2D eigenvalue weighted by atomic mass is 10.2. The molecule has 0 radical (unpaired) electrons. The highest BCUT2D eigenvalue weighted by Crippen LogP contribution is 2.34. The second-order valence-corrected chi connectivity index (χ2v) is 8.63. The zero-order valence-corrected chi connectivity index (χ0v) is 15.7. The summed E-state index contributed by atoms with van der Waals surface area (Å²) in [5.41, 5.74) is 1.30. The summed E-state index contributed by atoms with van der Waals surface area (Å²) < 4.78 is 65.1. The van der Waals surface area contributed by atoms with Crippen molar-refractivity contribution in [3.63, 3.8) is 0 Å². The molecule has 1 aliphatic rings. The molecule has 0 bridgehead atoms. The number of nitrogens with one attached hydrogen (secondary N) is 1. The Labute approximate surface area is 158 Å². The van der Waals surface area contributed by atoms with E-state index < -0.39 is 22.0 Å². The van der Waals surface area contributed by atoms with Gasteiger partial charge in [-0.25, -0.2) is 8.42 Å². The number of hydrogen-bond acceptors (Lipinski definition) is 4. The zero-order chi connectivity index (χ0) is 19.8. The molecule has 0 unspecified atom stereocenters. The summed E-state index contributed by atoms with van der Waals surface area (Å²) in [6, 6.07) is 10.2. The lowest BCUT2D eigenvalue weighted by Gasteiger charge is -2.14. The molecular formula is C17H15F3N2O3S2. The third kappa shape index (κ3) is 4.38. The van der Waals surface area contributed by atoms with E-state index >= 15 is 0 Å². The summed E-state index contributed by atoms with van der Waals surface area (Å²) in [4.78, 5) is 13.3. The summed E-state index contributed by atoms with van der Waals surface area (Å²) >= 11 is 0.507. The van der Waals surface area contributed by atoms with Crippen LogP contribution in [0.25, 0.3) is 0 Å². The molecule has 2 aromatic rings. The quantitative estimate of drug-likeness (QED) is 0.756. The van der Waals surface area contributed by atoms with Crippen LogP contribution in [0.3, 0.4) is 0 Å². The average Bonchev–Trinajstić information content (AvgIpc) is 2.87. The van der Waals surface area contributed by atoms with Crippen LogP contribution < -0.4 is 9.62 Å². The van der Waals surface area contributed by atoms with Crippen LogP contribution in [0.15, 0.2) is 52.3 Å². The van der Waals surface area contributed by atoms with Crippen molar-refractivity contribution >= 4 is 39.1 Å². The van der Waals surface area contributed by atoms with E-state index in [0.717, 1.165) is 0 Å². The fraction of sp³-hybridized carbons (Fsp3) is 0.235. The normalized spacial score (nSPS) is 14.4. The Morgan fingerprint density at radius 3 is 2.59 bits per heavy atom. The molecule has 0 saturated carbocycles. The molecule has 0 atom stereocenters. The monoisotopic (exact) mass is 416 g/mol. The maximum absolute atomic E-state index is 12.7. The Balaban J connectivity index is 1.86. The summed E-state index contributed by atoms with van der Waals surface area (Å²) in [6.07, 6.45) is -4.26. The van der Waals surface area contributed by atoms with E-state index in [1.807, 2.05) is 0 Å². The number of anilines is 2. The third-order valence-corrected chi connectivity index (χ3v) is 6.46. The standard InChI is InChI=1S/C17H15F3N2O3S2/c1-22-14-7-6-12(8-11(14)9-16(22)23)27(24,25)21-13-4-2-3-5-15(13)26-10-17(18,19)20/h2-8,21H,9-10H2,1H3. The van der Waals surface area contributed by atoms with Crippen LogP contribution in [0.5, 0.6) is 0 Å². The molecule has 0 fully saturated rings. The van der Waals surface area contributed by atoms with Crippen molar-refractivity contribution < 1.29 is 26.4 Å². The van der Waals surface area contributed by atoms with E-state index in [0.29, 0.717) is 23.0 Å². The van der Waals surface area contributed by atoms with E-state index in [1.54, 1.807) is 13.1 Å². The van der Waals surface area contributed by atoms with E-state index in [4.69, 9.17) is 0 Å². The molecule has 1 N–H and O–H groups in total. The third-order valence-electron chi connectivity index (χ3n) is 3.96. The van der Waals surface area contributed by atoms with E-state index in [9.17, 15) is 26.4 Å². The van der Waals surface area contributed by atoms with Crippen molar-refractivity contribution in [1.29, 1.82) is 0 Å². The molecule has 10 heteroatoms. The number of likely N-dealkylation sites (N-methyl/N-ethyl adjacent to an activating group) is 1. The van der Waals surface area contributed by atoms with Gasteiger partial charge < -0.3 is 4.90 Å². The van der Waals surface area contributed by atoms with E-state index in [-0.39, 0.29) is 27.8 Å². The largest absolute Gasteiger partial charge is 0.398 e. The van der Waals surface area contributed by atoms with Crippen molar-refractivity contribution in [1.82, 2.24) is 0 Å². The zero-order valence-electron chi connectivity index (χ0n) is 14.1. The number of carbonyl (C=O) groups excluding carboxylic acids is 1. The lowest BCUT2D eigenvalue weighted by molar-refractivity contribution is -0.117. The maximum atomic E-state index is 12.7. The first-order valence-corrected chi connectivity index (χ1v) is 10.2. The first-order valence-electron chi connectivity index (χ1n) is 7.78. The molecule has 1 aliphatic heterocycles. The fourth-order valence-corrected chi connectivity index (χ4v) is 4.62. The number of halogens is 3. The molecule has 1 amide bonds. The van der Waals surface area contributed by atoms with Crippen LogP contribution in [0, 0.1) is 0 Å². The Morgan fingerprint density at radius 2 is 1.89 bits per heavy atom.